The number of ether oxygens (including phenoxy) is 2. The first-order valence-electron chi connectivity index (χ1n) is 6.68. The number of benzene rings is 1. The molecule has 22 heavy (non-hydrogen) atoms. The Labute approximate surface area is 132 Å². The van der Waals surface area contributed by atoms with Gasteiger partial charge in [0.15, 0.2) is 11.5 Å². The van der Waals surface area contributed by atoms with Gasteiger partial charge in [0.2, 0.25) is 0 Å². The Morgan fingerprint density at radius 2 is 2.09 bits per heavy atom. The van der Waals surface area contributed by atoms with Gasteiger partial charge in [0.05, 0.1) is 12.0 Å². The van der Waals surface area contributed by atoms with Crippen LogP contribution < -0.4 is 4.74 Å². The lowest BCUT2D eigenvalue weighted by Gasteiger charge is -2.11. The molecule has 2 amide bonds. The third-order valence-electron chi connectivity index (χ3n) is 3.10. The van der Waals surface area contributed by atoms with E-state index >= 15 is 0 Å². The third kappa shape index (κ3) is 3.61. The van der Waals surface area contributed by atoms with Crippen molar-refractivity contribution in [2.75, 3.05) is 27.4 Å². The van der Waals surface area contributed by atoms with Gasteiger partial charge in [0.1, 0.15) is 0 Å². The van der Waals surface area contributed by atoms with Crippen LogP contribution in [0.2, 0.25) is 0 Å². The predicted molar refractivity (Wildman–Crippen MR) is 83.8 cm³/mol. The highest BCUT2D eigenvalue weighted by molar-refractivity contribution is 8.18. The number of rotatable bonds is 6. The monoisotopic (exact) mass is 323 g/mol. The SMILES string of the molecule is COCCCN1C(=O)SC(=Cc2ccc(OC)c(O)c2)C1=O. The van der Waals surface area contributed by atoms with Crippen LogP contribution in [0.3, 0.4) is 0 Å². The second-order valence-electron chi connectivity index (χ2n) is 4.61. The topological polar surface area (TPSA) is 76.1 Å². The molecule has 118 valence electrons. The third-order valence-corrected chi connectivity index (χ3v) is 4.01. The smallest absolute Gasteiger partial charge is 0.293 e. The zero-order valence-electron chi connectivity index (χ0n) is 12.4. The van der Waals surface area contributed by atoms with E-state index in [4.69, 9.17) is 9.47 Å². The average Bonchev–Trinajstić information content (AvgIpc) is 2.75. The van der Waals surface area contributed by atoms with Crippen LogP contribution in [0.1, 0.15) is 12.0 Å². The number of aromatic hydroxyl groups is 1. The maximum absolute atomic E-state index is 12.2. The predicted octanol–water partition coefficient (Wildman–Crippen LogP) is 2.47. The lowest BCUT2D eigenvalue weighted by atomic mass is 10.2. The normalized spacial score (nSPS) is 16.6. The molecule has 1 saturated heterocycles. The van der Waals surface area contributed by atoms with E-state index in [0.717, 1.165) is 11.8 Å². The number of carbonyl (C=O) groups excluding carboxylic acids is 2. The number of nitrogens with zero attached hydrogens (tertiary/aromatic N) is 1. The summed E-state index contributed by atoms with van der Waals surface area (Å²) in [5.41, 5.74) is 0.626. The summed E-state index contributed by atoms with van der Waals surface area (Å²) in [7, 11) is 3.03. The highest BCUT2D eigenvalue weighted by Gasteiger charge is 2.34. The number of hydrogen-bond donors (Lipinski definition) is 1. The molecule has 0 radical (unpaired) electrons. The van der Waals surface area contributed by atoms with Gasteiger partial charge in [0, 0.05) is 20.3 Å². The van der Waals surface area contributed by atoms with E-state index in [-0.39, 0.29) is 16.9 Å². The molecule has 6 nitrogen and oxygen atoms in total. The number of carbonyl (C=O) groups is 2. The first-order chi connectivity index (χ1) is 10.6. The van der Waals surface area contributed by atoms with E-state index in [9.17, 15) is 14.7 Å². The maximum Gasteiger partial charge on any atom is 0.293 e. The number of hydrogen-bond acceptors (Lipinski definition) is 6. The van der Waals surface area contributed by atoms with E-state index in [1.54, 1.807) is 25.3 Å². The zero-order chi connectivity index (χ0) is 16.1. The van der Waals surface area contributed by atoms with Crippen molar-refractivity contribution in [2.24, 2.45) is 0 Å². The molecule has 1 heterocycles. The molecule has 7 heteroatoms. The quantitative estimate of drug-likeness (QED) is 0.640. The molecule has 1 aliphatic heterocycles. The highest BCUT2D eigenvalue weighted by atomic mass is 32.2. The maximum atomic E-state index is 12.2. The van der Waals surface area contributed by atoms with Crippen molar-refractivity contribution in [3.05, 3.63) is 28.7 Å². The minimum Gasteiger partial charge on any atom is -0.504 e. The number of phenolic OH excluding ortho intramolecular Hbond substituents is 1. The molecule has 0 aliphatic carbocycles. The van der Waals surface area contributed by atoms with Gasteiger partial charge in [-0.25, -0.2) is 0 Å². The van der Waals surface area contributed by atoms with Crippen molar-refractivity contribution in [3.8, 4) is 11.5 Å². The Hall–Kier alpha value is -1.99. The van der Waals surface area contributed by atoms with Gasteiger partial charge in [-0.3, -0.25) is 14.5 Å². The van der Waals surface area contributed by atoms with Crippen molar-refractivity contribution in [1.82, 2.24) is 4.90 Å². The fraction of sp³-hybridized carbons (Fsp3) is 0.333. The van der Waals surface area contributed by atoms with Crippen molar-refractivity contribution >= 4 is 29.0 Å². The molecule has 0 unspecified atom stereocenters. The molecule has 0 spiro atoms. The number of amides is 2. The summed E-state index contributed by atoms with van der Waals surface area (Å²) < 4.78 is 9.88. The zero-order valence-corrected chi connectivity index (χ0v) is 13.2. The molecule has 1 aliphatic rings. The molecular formula is C15H17NO5S. The lowest BCUT2D eigenvalue weighted by Crippen LogP contribution is -2.29. The van der Waals surface area contributed by atoms with E-state index in [0.29, 0.717) is 35.8 Å². The van der Waals surface area contributed by atoms with Gasteiger partial charge in [-0.05, 0) is 42.0 Å². The van der Waals surface area contributed by atoms with Crippen LogP contribution >= 0.6 is 11.8 Å². The minimum absolute atomic E-state index is 0.0180. The Morgan fingerprint density at radius 3 is 2.73 bits per heavy atom. The molecule has 0 aromatic heterocycles. The number of methoxy groups -OCH3 is 2. The second-order valence-corrected chi connectivity index (χ2v) is 5.60. The van der Waals surface area contributed by atoms with Crippen LogP contribution in [0.25, 0.3) is 6.08 Å². The number of thioether (sulfide) groups is 1. The van der Waals surface area contributed by atoms with Crippen molar-refractivity contribution in [1.29, 1.82) is 0 Å². The second kappa shape index (κ2) is 7.33. The van der Waals surface area contributed by atoms with Gasteiger partial charge in [-0.1, -0.05) is 6.07 Å². The minimum atomic E-state index is -0.318. The molecule has 0 atom stereocenters. The van der Waals surface area contributed by atoms with Crippen LogP contribution in [0.5, 0.6) is 11.5 Å². The highest BCUT2D eigenvalue weighted by Crippen LogP contribution is 2.34. The van der Waals surface area contributed by atoms with Gasteiger partial charge >= 0.3 is 0 Å². The first kappa shape index (κ1) is 16.4. The Kier molecular flexibility index (Phi) is 5.46. The van der Waals surface area contributed by atoms with E-state index in [2.05, 4.69) is 0 Å². The van der Waals surface area contributed by atoms with E-state index in [1.165, 1.54) is 18.1 Å². The Balaban J connectivity index is 2.14. The molecule has 0 saturated carbocycles. The summed E-state index contributed by atoms with van der Waals surface area (Å²) in [5.74, 6) is 0.0156. The fourth-order valence-electron chi connectivity index (χ4n) is 2.01. The lowest BCUT2D eigenvalue weighted by molar-refractivity contribution is -0.122. The standard InChI is InChI=1S/C15H17NO5S/c1-20-7-3-6-16-14(18)13(22-15(16)19)9-10-4-5-12(21-2)11(17)8-10/h4-5,8-9,17H,3,6-7H2,1-2H3. The molecule has 1 N–H and O–H groups in total. The summed E-state index contributed by atoms with van der Waals surface area (Å²) in [6.07, 6.45) is 2.19. The van der Waals surface area contributed by atoms with Crippen molar-refractivity contribution < 1.29 is 24.2 Å². The molecule has 1 aromatic rings. The number of phenols is 1. The molecule has 1 aromatic carbocycles. The summed E-state index contributed by atoms with van der Waals surface area (Å²) in [5, 5.41) is 9.45. The van der Waals surface area contributed by atoms with Crippen LogP contribution in [-0.2, 0) is 9.53 Å². The largest absolute Gasteiger partial charge is 0.504 e. The van der Waals surface area contributed by atoms with Gasteiger partial charge < -0.3 is 14.6 Å². The Morgan fingerprint density at radius 1 is 1.32 bits per heavy atom. The van der Waals surface area contributed by atoms with Gasteiger partial charge in [-0.15, -0.1) is 0 Å². The van der Waals surface area contributed by atoms with E-state index < -0.39 is 0 Å². The van der Waals surface area contributed by atoms with Gasteiger partial charge in [0.25, 0.3) is 11.1 Å². The molecular weight excluding hydrogens is 306 g/mol. The summed E-state index contributed by atoms with van der Waals surface area (Å²) in [6.45, 7) is 0.830. The van der Waals surface area contributed by atoms with Crippen LogP contribution in [0.4, 0.5) is 4.79 Å². The number of imide groups is 1. The molecule has 0 bridgehead atoms. The summed E-state index contributed by atoms with van der Waals surface area (Å²) in [6, 6.07) is 4.79. The summed E-state index contributed by atoms with van der Waals surface area (Å²) in [4.78, 5) is 25.6. The van der Waals surface area contributed by atoms with Crippen molar-refractivity contribution in [2.45, 2.75) is 6.42 Å². The fourth-order valence-corrected chi connectivity index (χ4v) is 2.87. The van der Waals surface area contributed by atoms with Crippen LogP contribution in [0.15, 0.2) is 23.1 Å². The van der Waals surface area contributed by atoms with Crippen LogP contribution in [-0.4, -0.2) is 48.5 Å². The first-order valence-corrected chi connectivity index (χ1v) is 7.49. The van der Waals surface area contributed by atoms with Gasteiger partial charge in [-0.2, -0.15) is 0 Å². The van der Waals surface area contributed by atoms with E-state index in [1.807, 2.05) is 0 Å². The summed E-state index contributed by atoms with van der Waals surface area (Å²) >= 11 is 0.895. The molecule has 1 fully saturated rings. The Bertz CT molecular complexity index is 614. The molecule has 2 rings (SSSR count). The average molecular weight is 323 g/mol. The van der Waals surface area contributed by atoms with Crippen LogP contribution in [0, 0.1) is 0 Å². The van der Waals surface area contributed by atoms with Crippen molar-refractivity contribution in [3.63, 3.8) is 0 Å².